The van der Waals surface area contributed by atoms with E-state index in [0.29, 0.717) is 35.0 Å². The van der Waals surface area contributed by atoms with Crippen LogP contribution in [0, 0.1) is 0 Å². The summed E-state index contributed by atoms with van der Waals surface area (Å²) in [5.41, 5.74) is 2.59. The average Bonchev–Trinajstić information content (AvgIpc) is 3.12. The molecule has 0 unspecified atom stereocenters. The van der Waals surface area contributed by atoms with Crippen LogP contribution < -0.4 is 15.0 Å². The third kappa shape index (κ3) is 4.79. The molecule has 154 valence electrons. The largest absolute Gasteiger partial charge is 0.492 e. The summed E-state index contributed by atoms with van der Waals surface area (Å²) in [6.07, 6.45) is 2.19. The van der Waals surface area contributed by atoms with Gasteiger partial charge >= 0.3 is 0 Å². The Kier molecular flexibility index (Phi) is 6.49. The van der Waals surface area contributed by atoms with Gasteiger partial charge in [-0.3, -0.25) is 0 Å². The van der Waals surface area contributed by atoms with E-state index in [1.807, 2.05) is 25.1 Å². The van der Waals surface area contributed by atoms with Crippen molar-refractivity contribution in [3.63, 3.8) is 0 Å². The maximum absolute atomic E-state index is 6.25. The molecule has 1 aromatic carbocycles. The van der Waals surface area contributed by atoms with Gasteiger partial charge in [0.15, 0.2) is 5.65 Å². The number of benzene rings is 1. The lowest BCUT2D eigenvalue weighted by molar-refractivity contribution is 0.331. The van der Waals surface area contributed by atoms with Gasteiger partial charge in [-0.05, 0) is 60.0 Å². The fourth-order valence-electron chi connectivity index (χ4n) is 3.65. The third-order valence-electron chi connectivity index (χ3n) is 4.98. The minimum absolute atomic E-state index is 0.334. The van der Waals surface area contributed by atoms with Crippen LogP contribution in [-0.4, -0.2) is 40.7 Å². The molecule has 0 aliphatic carbocycles. The smallest absolute Gasteiger partial charge is 0.205 e. The second kappa shape index (κ2) is 9.08. The number of aromatic amines is 1. The van der Waals surface area contributed by atoms with Crippen LogP contribution in [0.15, 0.2) is 28.7 Å². The molecule has 0 saturated carbocycles. The van der Waals surface area contributed by atoms with Crippen LogP contribution in [0.25, 0.3) is 11.2 Å². The maximum Gasteiger partial charge on any atom is 0.205 e. The fraction of sp³-hybridized carbons (Fsp3) is 0.400. The number of nitrogens with zero attached hydrogens (tertiary/aromatic N) is 3. The molecule has 2 N–H and O–H groups in total. The van der Waals surface area contributed by atoms with Gasteiger partial charge in [0.1, 0.15) is 10.9 Å². The Bertz CT molecular complexity index is 1010. The molecule has 2 aromatic heterocycles. The molecular weight excluding hydrogens is 477 g/mol. The number of nitrogens with one attached hydrogen (secondary N) is 2. The highest BCUT2D eigenvalue weighted by atomic mass is 79.9. The summed E-state index contributed by atoms with van der Waals surface area (Å²) in [6, 6.07) is 7.83. The van der Waals surface area contributed by atoms with Crippen LogP contribution in [0.1, 0.15) is 25.3 Å². The zero-order valence-electron chi connectivity index (χ0n) is 16.0. The van der Waals surface area contributed by atoms with Gasteiger partial charge in [-0.1, -0.05) is 23.2 Å². The lowest BCUT2D eigenvalue weighted by Gasteiger charge is -2.33. The lowest BCUT2D eigenvalue weighted by atomic mass is 10.1. The molecule has 4 rings (SSSR count). The monoisotopic (exact) mass is 497 g/mol. The molecule has 0 bridgehead atoms. The number of H-pyrrole nitrogens is 1. The summed E-state index contributed by atoms with van der Waals surface area (Å²) in [5, 5.41) is 4.80. The Labute approximate surface area is 188 Å². The number of rotatable bonds is 6. The molecule has 0 amide bonds. The molecule has 1 aliphatic rings. The van der Waals surface area contributed by atoms with E-state index >= 15 is 0 Å². The average molecular weight is 499 g/mol. The van der Waals surface area contributed by atoms with Crippen molar-refractivity contribution < 1.29 is 4.74 Å². The summed E-state index contributed by atoms with van der Waals surface area (Å²) < 4.78 is 6.68. The number of imidazole rings is 1. The number of hydrogen-bond donors (Lipinski definition) is 2. The van der Waals surface area contributed by atoms with E-state index in [1.165, 1.54) is 0 Å². The quantitative estimate of drug-likeness (QED) is 0.458. The zero-order chi connectivity index (χ0) is 20.4. The molecule has 1 aliphatic heterocycles. The Morgan fingerprint density at radius 1 is 1.31 bits per heavy atom. The van der Waals surface area contributed by atoms with Gasteiger partial charge in [-0.2, -0.15) is 4.98 Å². The first-order valence-electron chi connectivity index (χ1n) is 9.65. The van der Waals surface area contributed by atoms with Gasteiger partial charge in [-0.15, -0.1) is 0 Å². The molecule has 1 fully saturated rings. The van der Waals surface area contributed by atoms with Crippen LogP contribution >= 0.6 is 39.1 Å². The van der Waals surface area contributed by atoms with E-state index in [2.05, 4.69) is 41.1 Å². The van der Waals surface area contributed by atoms with Crippen molar-refractivity contribution >= 4 is 56.2 Å². The summed E-state index contributed by atoms with van der Waals surface area (Å²) in [6.45, 7) is 5.09. The fourth-order valence-corrected chi connectivity index (χ4v) is 4.78. The van der Waals surface area contributed by atoms with Crippen LogP contribution in [0.3, 0.4) is 0 Å². The highest BCUT2D eigenvalue weighted by molar-refractivity contribution is 9.10. The maximum atomic E-state index is 6.25. The van der Waals surface area contributed by atoms with Gasteiger partial charge in [0.05, 0.1) is 16.6 Å². The van der Waals surface area contributed by atoms with Crippen molar-refractivity contribution in [2.45, 2.75) is 32.4 Å². The Balaban J connectivity index is 1.45. The van der Waals surface area contributed by atoms with Crippen molar-refractivity contribution in [1.29, 1.82) is 0 Å². The molecule has 1 atom stereocenters. The number of fused-ring (bicyclic) bond motifs is 1. The first kappa shape index (κ1) is 20.7. The highest BCUT2D eigenvalue weighted by Gasteiger charge is 2.23. The number of ether oxygens (including phenoxy) is 1. The second-order valence-electron chi connectivity index (χ2n) is 7.04. The molecule has 3 aromatic rings. The van der Waals surface area contributed by atoms with E-state index < -0.39 is 0 Å². The standard InChI is InChI=1S/C20H22BrCl2N5O/c1-2-29-18-12(8-13(22)9-15(18)21)10-24-14-4-3-7-28(11-14)20-25-16-5-6-17(23)26-19(16)27-20/h5-6,8-9,14,24H,2-4,7,10-11H2,1H3,(H,25,26,27)/t14-/m0/s1. The van der Waals surface area contributed by atoms with Crippen LogP contribution in [0.2, 0.25) is 10.2 Å². The number of piperidine rings is 1. The van der Waals surface area contributed by atoms with Crippen molar-refractivity contribution in [2.24, 2.45) is 0 Å². The molecule has 29 heavy (non-hydrogen) atoms. The first-order valence-corrected chi connectivity index (χ1v) is 11.2. The molecule has 3 heterocycles. The van der Waals surface area contributed by atoms with Crippen molar-refractivity contribution in [2.75, 3.05) is 24.6 Å². The van der Waals surface area contributed by atoms with Crippen molar-refractivity contribution in [3.8, 4) is 5.75 Å². The molecule has 1 saturated heterocycles. The lowest BCUT2D eigenvalue weighted by Crippen LogP contribution is -2.46. The number of aromatic nitrogens is 3. The first-order chi connectivity index (χ1) is 14.0. The summed E-state index contributed by atoms with van der Waals surface area (Å²) in [5.74, 6) is 1.68. The van der Waals surface area contributed by atoms with E-state index in [9.17, 15) is 0 Å². The second-order valence-corrected chi connectivity index (χ2v) is 8.72. The number of pyridine rings is 1. The Hall–Kier alpha value is -1.54. The normalized spacial score (nSPS) is 17.1. The van der Waals surface area contributed by atoms with Gasteiger partial charge in [0, 0.05) is 36.3 Å². The number of halogens is 3. The van der Waals surface area contributed by atoms with E-state index in [0.717, 1.165) is 53.2 Å². The Morgan fingerprint density at radius 3 is 3.00 bits per heavy atom. The predicted molar refractivity (Wildman–Crippen MR) is 121 cm³/mol. The van der Waals surface area contributed by atoms with Crippen LogP contribution in [-0.2, 0) is 6.54 Å². The van der Waals surface area contributed by atoms with Crippen LogP contribution in [0.4, 0.5) is 5.95 Å². The van der Waals surface area contributed by atoms with E-state index in [1.54, 1.807) is 6.07 Å². The summed E-state index contributed by atoms with van der Waals surface area (Å²) in [7, 11) is 0. The van der Waals surface area contributed by atoms with E-state index in [4.69, 9.17) is 27.9 Å². The molecule has 0 radical (unpaired) electrons. The molecule has 6 nitrogen and oxygen atoms in total. The predicted octanol–water partition coefficient (Wildman–Crippen LogP) is 5.18. The van der Waals surface area contributed by atoms with Crippen molar-refractivity contribution in [1.82, 2.24) is 20.3 Å². The highest BCUT2D eigenvalue weighted by Crippen LogP contribution is 2.33. The minimum Gasteiger partial charge on any atom is -0.492 e. The summed E-state index contributed by atoms with van der Waals surface area (Å²) >= 11 is 15.8. The van der Waals surface area contributed by atoms with Gasteiger partial charge in [-0.25, -0.2) is 4.98 Å². The molecule has 9 heteroatoms. The zero-order valence-corrected chi connectivity index (χ0v) is 19.1. The van der Waals surface area contributed by atoms with Gasteiger partial charge in [0.25, 0.3) is 0 Å². The number of hydrogen-bond acceptors (Lipinski definition) is 5. The Morgan fingerprint density at radius 2 is 2.17 bits per heavy atom. The third-order valence-corrected chi connectivity index (χ3v) is 5.99. The SMILES string of the molecule is CCOc1c(Br)cc(Cl)cc1CN[C@H]1CCCN(c2nc3nc(Cl)ccc3[nH]2)C1. The number of anilines is 1. The van der Waals surface area contributed by atoms with Gasteiger partial charge < -0.3 is 19.9 Å². The topological polar surface area (TPSA) is 66.1 Å². The van der Waals surface area contributed by atoms with E-state index in [-0.39, 0.29) is 0 Å². The minimum atomic E-state index is 0.334. The molecule has 0 spiro atoms. The molecular formula is C20H22BrCl2N5O. The summed E-state index contributed by atoms with van der Waals surface area (Å²) in [4.78, 5) is 14.5. The van der Waals surface area contributed by atoms with Crippen LogP contribution in [0.5, 0.6) is 5.75 Å². The van der Waals surface area contributed by atoms with Gasteiger partial charge in [0.2, 0.25) is 5.95 Å². The van der Waals surface area contributed by atoms with Crippen molar-refractivity contribution in [3.05, 3.63) is 44.5 Å².